The minimum atomic E-state index is 0.669. The fraction of sp³-hybridized carbons (Fsp3) is 0.304. The molecule has 3 aromatic rings. The molecular formula is C23H26N6. The molecule has 6 heteroatoms. The Morgan fingerprint density at radius 2 is 1.93 bits per heavy atom. The zero-order valence-electron chi connectivity index (χ0n) is 16.6. The van der Waals surface area contributed by atoms with Crippen LogP contribution in [0.2, 0.25) is 0 Å². The summed E-state index contributed by atoms with van der Waals surface area (Å²) in [6.07, 6.45) is 5.12. The van der Waals surface area contributed by atoms with Gasteiger partial charge in [0.05, 0.1) is 18.2 Å². The Morgan fingerprint density at radius 1 is 1.07 bits per heavy atom. The summed E-state index contributed by atoms with van der Waals surface area (Å²) in [6, 6.07) is 19.9. The SMILES string of the molecule is C=CCN(CCCCCn1nnc(-c2ccccc2)n1)Cc1cccc(C#N)c1. The normalized spacial score (nSPS) is 10.8. The highest BCUT2D eigenvalue weighted by atomic mass is 15.6. The summed E-state index contributed by atoms with van der Waals surface area (Å²) in [4.78, 5) is 4.03. The van der Waals surface area contributed by atoms with Gasteiger partial charge in [0.15, 0.2) is 0 Å². The summed E-state index contributed by atoms with van der Waals surface area (Å²) < 4.78 is 0. The fourth-order valence-electron chi connectivity index (χ4n) is 3.22. The van der Waals surface area contributed by atoms with E-state index in [9.17, 15) is 0 Å². The molecule has 0 aliphatic rings. The molecule has 2 aromatic carbocycles. The number of aromatic nitrogens is 4. The summed E-state index contributed by atoms with van der Waals surface area (Å²) in [5.74, 6) is 0.669. The van der Waals surface area contributed by atoms with Crippen LogP contribution in [0.15, 0.2) is 67.3 Å². The number of hydrogen-bond donors (Lipinski definition) is 0. The van der Waals surface area contributed by atoms with E-state index in [0.717, 1.165) is 56.6 Å². The molecule has 0 spiro atoms. The van der Waals surface area contributed by atoms with Crippen LogP contribution in [0.5, 0.6) is 0 Å². The zero-order valence-corrected chi connectivity index (χ0v) is 16.6. The highest BCUT2D eigenvalue weighted by molar-refractivity contribution is 5.52. The number of nitriles is 1. The second kappa shape index (κ2) is 10.9. The standard InChI is InChI=1S/C23H26N6/c1-2-14-28(19-21-11-9-10-20(17-21)18-24)15-7-4-8-16-29-26-23(25-27-29)22-12-5-3-6-13-22/h2-3,5-6,9-13,17H,1,4,7-8,14-16,19H2. The Morgan fingerprint density at radius 3 is 2.72 bits per heavy atom. The van der Waals surface area contributed by atoms with Crippen molar-refractivity contribution in [1.29, 1.82) is 5.26 Å². The molecule has 1 heterocycles. The minimum Gasteiger partial charge on any atom is -0.295 e. The average molecular weight is 387 g/mol. The predicted molar refractivity (Wildman–Crippen MR) is 114 cm³/mol. The van der Waals surface area contributed by atoms with Crippen LogP contribution in [0.4, 0.5) is 0 Å². The molecule has 0 aliphatic heterocycles. The summed E-state index contributed by atoms with van der Waals surface area (Å²) in [6.45, 7) is 7.29. The van der Waals surface area contributed by atoms with Crippen LogP contribution in [0.25, 0.3) is 11.4 Å². The molecule has 0 unspecified atom stereocenters. The van der Waals surface area contributed by atoms with Gasteiger partial charge >= 0.3 is 0 Å². The molecular weight excluding hydrogens is 360 g/mol. The number of aryl methyl sites for hydroxylation is 1. The minimum absolute atomic E-state index is 0.669. The van der Waals surface area contributed by atoms with Gasteiger partial charge in [-0.3, -0.25) is 4.90 Å². The quantitative estimate of drug-likeness (QED) is 0.367. The van der Waals surface area contributed by atoms with E-state index in [4.69, 9.17) is 5.26 Å². The second-order valence-corrected chi connectivity index (χ2v) is 6.97. The first-order chi connectivity index (χ1) is 14.3. The lowest BCUT2D eigenvalue weighted by Crippen LogP contribution is -2.24. The Hall–Kier alpha value is -3.30. The maximum atomic E-state index is 9.06. The van der Waals surface area contributed by atoms with Crippen molar-refractivity contribution in [1.82, 2.24) is 25.1 Å². The van der Waals surface area contributed by atoms with Crippen LogP contribution < -0.4 is 0 Å². The van der Waals surface area contributed by atoms with E-state index in [0.29, 0.717) is 11.4 Å². The van der Waals surface area contributed by atoms with Gasteiger partial charge in [-0.15, -0.1) is 16.8 Å². The monoisotopic (exact) mass is 386 g/mol. The fourth-order valence-corrected chi connectivity index (χ4v) is 3.22. The first-order valence-electron chi connectivity index (χ1n) is 9.94. The lowest BCUT2D eigenvalue weighted by molar-refractivity contribution is 0.285. The van der Waals surface area contributed by atoms with Crippen LogP contribution in [0.1, 0.15) is 30.4 Å². The maximum Gasteiger partial charge on any atom is 0.204 e. The number of benzene rings is 2. The lowest BCUT2D eigenvalue weighted by Gasteiger charge is -2.20. The largest absolute Gasteiger partial charge is 0.295 e. The summed E-state index contributed by atoms with van der Waals surface area (Å²) in [5, 5.41) is 21.8. The number of hydrogen-bond acceptors (Lipinski definition) is 5. The van der Waals surface area contributed by atoms with Crippen molar-refractivity contribution in [2.24, 2.45) is 0 Å². The van der Waals surface area contributed by atoms with Crippen molar-refractivity contribution < 1.29 is 0 Å². The van der Waals surface area contributed by atoms with Crippen molar-refractivity contribution in [3.63, 3.8) is 0 Å². The van der Waals surface area contributed by atoms with Crippen molar-refractivity contribution in [3.8, 4) is 17.5 Å². The van der Waals surface area contributed by atoms with Gasteiger partial charge in [-0.2, -0.15) is 10.1 Å². The molecule has 0 saturated carbocycles. The first-order valence-corrected chi connectivity index (χ1v) is 9.94. The molecule has 29 heavy (non-hydrogen) atoms. The third-order valence-corrected chi connectivity index (χ3v) is 4.67. The first kappa shape index (κ1) is 20.4. The van der Waals surface area contributed by atoms with Crippen LogP contribution in [0, 0.1) is 11.3 Å². The second-order valence-electron chi connectivity index (χ2n) is 6.97. The summed E-state index contributed by atoms with van der Waals surface area (Å²) in [7, 11) is 0. The molecule has 0 fully saturated rings. The molecule has 0 aliphatic carbocycles. The van der Waals surface area contributed by atoms with E-state index in [-0.39, 0.29) is 0 Å². The Bertz CT molecular complexity index is 941. The highest BCUT2D eigenvalue weighted by Crippen LogP contribution is 2.12. The Balaban J connectivity index is 1.42. The Kier molecular flexibility index (Phi) is 7.67. The molecule has 1 aromatic heterocycles. The number of unbranched alkanes of at least 4 members (excludes halogenated alkanes) is 2. The summed E-state index contributed by atoms with van der Waals surface area (Å²) in [5.41, 5.74) is 2.85. The third-order valence-electron chi connectivity index (χ3n) is 4.67. The molecule has 148 valence electrons. The van der Waals surface area contributed by atoms with Gasteiger partial charge in [-0.05, 0) is 42.3 Å². The van der Waals surface area contributed by atoms with E-state index in [1.165, 1.54) is 0 Å². The molecule has 3 rings (SSSR count). The molecule has 6 nitrogen and oxygen atoms in total. The van der Waals surface area contributed by atoms with Gasteiger partial charge in [-0.25, -0.2) is 0 Å². The number of nitrogens with zero attached hydrogens (tertiary/aromatic N) is 6. The number of rotatable bonds is 11. The van der Waals surface area contributed by atoms with E-state index >= 15 is 0 Å². The molecule has 0 radical (unpaired) electrons. The number of tetrazole rings is 1. The topological polar surface area (TPSA) is 70.6 Å². The van der Waals surface area contributed by atoms with Crippen LogP contribution in [-0.2, 0) is 13.1 Å². The van der Waals surface area contributed by atoms with Gasteiger partial charge in [0.2, 0.25) is 5.82 Å². The lowest BCUT2D eigenvalue weighted by atomic mass is 10.1. The van der Waals surface area contributed by atoms with Gasteiger partial charge in [0.25, 0.3) is 0 Å². The maximum absolute atomic E-state index is 9.06. The average Bonchev–Trinajstić information content (AvgIpc) is 3.23. The predicted octanol–water partition coefficient (Wildman–Crippen LogP) is 4.07. The summed E-state index contributed by atoms with van der Waals surface area (Å²) >= 11 is 0. The van der Waals surface area contributed by atoms with Gasteiger partial charge in [0, 0.05) is 18.7 Å². The van der Waals surface area contributed by atoms with Gasteiger partial charge < -0.3 is 0 Å². The zero-order chi connectivity index (χ0) is 20.3. The van der Waals surface area contributed by atoms with Crippen LogP contribution in [-0.4, -0.2) is 38.2 Å². The van der Waals surface area contributed by atoms with Crippen LogP contribution >= 0.6 is 0 Å². The third kappa shape index (κ3) is 6.37. The van der Waals surface area contributed by atoms with Gasteiger partial charge in [0.1, 0.15) is 0 Å². The molecule has 0 bridgehead atoms. The van der Waals surface area contributed by atoms with Crippen molar-refractivity contribution >= 4 is 0 Å². The van der Waals surface area contributed by atoms with Gasteiger partial charge in [-0.1, -0.05) is 55.0 Å². The Labute approximate surface area is 172 Å². The smallest absolute Gasteiger partial charge is 0.204 e. The van der Waals surface area contributed by atoms with Crippen LogP contribution in [0.3, 0.4) is 0 Å². The van der Waals surface area contributed by atoms with Crippen molar-refractivity contribution in [3.05, 3.63) is 78.4 Å². The van der Waals surface area contributed by atoms with Crippen molar-refractivity contribution in [2.75, 3.05) is 13.1 Å². The van der Waals surface area contributed by atoms with E-state index in [2.05, 4.69) is 39.0 Å². The molecule has 0 atom stereocenters. The van der Waals surface area contributed by atoms with Crippen molar-refractivity contribution in [2.45, 2.75) is 32.4 Å². The van der Waals surface area contributed by atoms with E-state index < -0.39 is 0 Å². The highest BCUT2D eigenvalue weighted by Gasteiger charge is 2.07. The molecule has 0 N–H and O–H groups in total. The molecule has 0 saturated heterocycles. The van der Waals surface area contributed by atoms with E-state index in [1.807, 2.05) is 54.6 Å². The molecule has 0 amide bonds. The van der Waals surface area contributed by atoms with E-state index in [1.54, 1.807) is 4.80 Å².